The van der Waals surface area contributed by atoms with E-state index in [2.05, 4.69) is 24.9 Å². The van der Waals surface area contributed by atoms with Crippen LogP contribution in [0.5, 0.6) is 0 Å². The number of halogens is 2. The zero-order chi connectivity index (χ0) is 29.1. The molecule has 214 valence electrons. The fourth-order valence-corrected chi connectivity index (χ4v) is 6.99. The highest BCUT2D eigenvalue weighted by Gasteiger charge is 2.47. The highest BCUT2D eigenvalue weighted by molar-refractivity contribution is 7.89. The summed E-state index contributed by atoms with van der Waals surface area (Å²) < 4.78 is 57.3. The SMILES string of the molecule is CN(C)C(=O)N1CCN(c2ncnc3c2c2ccc(S(=O)(=O)NC4(C#N)CC4)cc2n3-c2nnc(C(F)F)s2)CC1. The number of piperazine rings is 1. The summed E-state index contributed by atoms with van der Waals surface area (Å²) in [5.74, 6) is 0.560. The van der Waals surface area contributed by atoms with E-state index in [0.717, 1.165) is 0 Å². The van der Waals surface area contributed by atoms with Gasteiger partial charge in [0.05, 0.1) is 21.9 Å². The Bertz CT molecular complexity index is 1820. The molecule has 1 aliphatic heterocycles. The van der Waals surface area contributed by atoms with Crippen LogP contribution in [0.15, 0.2) is 29.4 Å². The molecule has 4 heterocycles. The lowest BCUT2D eigenvalue weighted by Crippen LogP contribution is -2.51. The first kappa shape index (κ1) is 27.2. The number of sulfonamides is 1. The summed E-state index contributed by atoms with van der Waals surface area (Å²) >= 11 is 0.673. The third-order valence-corrected chi connectivity index (χ3v) is 9.59. The molecule has 1 N–H and O–H groups in total. The van der Waals surface area contributed by atoms with Gasteiger partial charge in [-0.1, -0.05) is 17.4 Å². The molecule has 3 aromatic heterocycles. The number of alkyl halides is 2. The van der Waals surface area contributed by atoms with E-state index >= 15 is 0 Å². The number of rotatable bonds is 6. The number of hydrogen-bond donors (Lipinski definition) is 1. The minimum atomic E-state index is -4.08. The molecule has 1 aliphatic carbocycles. The van der Waals surface area contributed by atoms with Crippen molar-refractivity contribution < 1.29 is 22.0 Å². The number of urea groups is 1. The van der Waals surface area contributed by atoms with Gasteiger partial charge in [0.15, 0.2) is 10.7 Å². The van der Waals surface area contributed by atoms with Crippen LogP contribution in [0.2, 0.25) is 0 Å². The summed E-state index contributed by atoms with van der Waals surface area (Å²) in [7, 11) is -0.695. The molecule has 4 aromatic rings. The second-order valence-corrected chi connectivity index (χ2v) is 12.8. The summed E-state index contributed by atoms with van der Waals surface area (Å²) in [5, 5.41) is 17.7. The Morgan fingerprint density at radius 3 is 2.51 bits per heavy atom. The fourth-order valence-electron chi connectivity index (χ4n) is 4.88. The first-order valence-corrected chi connectivity index (χ1v) is 14.9. The normalized spacial score (nSPS) is 16.9. The average molecular weight is 603 g/mol. The Kier molecular flexibility index (Phi) is 6.51. The maximum atomic E-state index is 13.4. The number of aromatic nitrogens is 5. The van der Waals surface area contributed by atoms with E-state index in [1.165, 1.54) is 27.9 Å². The lowest BCUT2D eigenvalue weighted by atomic mass is 10.2. The molecule has 1 saturated heterocycles. The molecule has 0 unspecified atom stereocenters. The van der Waals surface area contributed by atoms with Gasteiger partial charge in [0.25, 0.3) is 6.43 Å². The zero-order valence-electron chi connectivity index (χ0n) is 22.0. The van der Waals surface area contributed by atoms with Gasteiger partial charge in [0.1, 0.15) is 17.7 Å². The molecule has 2 aliphatic rings. The third-order valence-electron chi connectivity index (χ3n) is 7.14. The van der Waals surface area contributed by atoms with Crippen molar-refractivity contribution in [3.8, 4) is 11.2 Å². The summed E-state index contributed by atoms with van der Waals surface area (Å²) in [6, 6.07) is 6.37. The van der Waals surface area contributed by atoms with Crippen LogP contribution in [-0.2, 0) is 10.0 Å². The number of nitrogens with one attached hydrogen (secondary N) is 1. The molecular weight excluding hydrogens is 578 g/mol. The molecule has 1 saturated carbocycles. The Morgan fingerprint density at radius 1 is 1.17 bits per heavy atom. The summed E-state index contributed by atoms with van der Waals surface area (Å²) in [6.45, 7) is 1.90. The smallest absolute Gasteiger partial charge is 0.319 e. The molecule has 0 atom stereocenters. The van der Waals surface area contributed by atoms with E-state index in [4.69, 9.17) is 0 Å². The van der Waals surface area contributed by atoms with Gasteiger partial charge in [-0.3, -0.25) is 4.57 Å². The van der Waals surface area contributed by atoms with Crippen LogP contribution >= 0.6 is 11.3 Å². The number of carbonyl (C=O) groups is 1. The van der Waals surface area contributed by atoms with Crippen LogP contribution in [0.3, 0.4) is 0 Å². The molecule has 2 fully saturated rings. The number of benzene rings is 1. The van der Waals surface area contributed by atoms with Crippen LogP contribution in [0.1, 0.15) is 24.3 Å². The maximum absolute atomic E-state index is 13.4. The maximum Gasteiger partial charge on any atom is 0.319 e. The van der Waals surface area contributed by atoms with Crippen molar-refractivity contribution in [1.29, 1.82) is 5.26 Å². The van der Waals surface area contributed by atoms with E-state index in [1.807, 2.05) is 11.0 Å². The summed E-state index contributed by atoms with van der Waals surface area (Å²) in [5.41, 5.74) is -0.433. The summed E-state index contributed by atoms with van der Waals surface area (Å²) in [6.07, 6.45) is -0.651. The predicted molar refractivity (Wildman–Crippen MR) is 146 cm³/mol. The first-order chi connectivity index (χ1) is 19.5. The highest BCUT2D eigenvalue weighted by Crippen LogP contribution is 2.40. The van der Waals surface area contributed by atoms with Crippen molar-refractivity contribution in [1.82, 2.24) is 39.3 Å². The van der Waals surface area contributed by atoms with E-state index in [-0.39, 0.29) is 16.1 Å². The molecule has 0 radical (unpaired) electrons. The fraction of sp³-hybridized carbons (Fsp3) is 0.417. The van der Waals surface area contributed by atoms with E-state index < -0.39 is 27.0 Å². The van der Waals surface area contributed by atoms with Crippen molar-refractivity contribution in [2.24, 2.45) is 0 Å². The Labute approximate surface area is 237 Å². The standard InChI is InChI=1S/C24H24F2N10O3S2/c1-33(2)23(37)35-9-7-34(8-10-35)19-17-15-4-3-14(41(38,39)32-24(12-27)5-6-24)11-16(15)36(20(17)29-13-28-19)22-31-30-21(40-22)18(25)26/h3-4,11,13,18,32H,5-10H2,1-2H3. The molecule has 2 amide bonds. The molecule has 1 aromatic carbocycles. The first-order valence-electron chi connectivity index (χ1n) is 12.6. The molecule has 6 rings (SSSR count). The van der Waals surface area contributed by atoms with E-state index in [1.54, 1.807) is 25.1 Å². The zero-order valence-corrected chi connectivity index (χ0v) is 23.6. The second kappa shape index (κ2) is 9.82. The second-order valence-electron chi connectivity index (χ2n) is 10.1. The lowest BCUT2D eigenvalue weighted by Gasteiger charge is -2.36. The van der Waals surface area contributed by atoms with Crippen LogP contribution in [0, 0.1) is 11.3 Å². The quantitative estimate of drug-likeness (QED) is 0.351. The number of carbonyl (C=O) groups excluding carboxylic acids is 1. The third kappa shape index (κ3) is 4.71. The van der Waals surface area contributed by atoms with Gasteiger partial charge in [0, 0.05) is 45.7 Å². The van der Waals surface area contributed by atoms with Crippen LogP contribution in [0.4, 0.5) is 19.4 Å². The largest absolute Gasteiger partial charge is 0.352 e. The van der Waals surface area contributed by atoms with Gasteiger partial charge < -0.3 is 14.7 Å². The van der Waals surface area contributed by atoms with Crippen molar-refractivity contribution in [3.05, 3.63) is 29.5 Å². The Balaban J connectivity index is 1.49. The van der Waals surface area contributed by atoms with Crippen LogP contribution in [0.25, 0.3) is 27.1 Å². The van der Waals surface area contributed by atoms with Gasteiger partial charge >= 0.3 is 6.03 Å². The van der Waals surface area contributed by atoms with Crippen molar-refractivity contribution >= 4 is 55.1 Å². The minimum Gasteiger partial charge on any atom is -0.352 e. The van der Waals surface area contributed by atoms with Crippen molar-refractivity contribution in [2.75, 3.05) is 45.2 Å². The Hall–Kier alpha value is -4.01. The lowest BCUT2D eigenvalue weighted by molar-refractivity contribution is 0.150. The van der Waals surface area contributed by atoms with E-state index in [0.29, 0.717) is 78.1 Å². The average Bonchev–Trinajstić information content (AvgIpc) is 3.39. The van der Waals surface area contributed by atoms with Gasteiger partial charge in [-0.05, 0) is 25.0 Å². The highest BCUT2D eigenvalue weighted by atomic mass is 32.2. The molecule has 41 heavy (non-hydrogen) atoms. The Morgan fingerprint density at radius 2 is 1.90 bits per heavy atom. The molecular formula is C24H24F2N10O3S2. The molecule has 17 heteroatoms. The van der Waals surface area contributed by atoms with Gasteiger partial charge in [-0.25, -0.2) is 32.0 Å². The molecule has 0 bridgehead atoms. The summed E-state index contributed by atoms with van der Waals surface area (Å²) in [4.78, 5) is 26.6. The van der Waals surface area contributed by atoms with Gasteiger partial charge in [0.2, 0.25) is 15.2 Å². The van der Waals surface area contributed by atoms with Crippen LogP contribution in [-0.4, -0.2) is 94.8 Å². The van der Waals surface area contributed by atoms with Crippen LogP contribution < -0.4 is 9.62 Å². The van der Waals surface area contributed by atoms with Gasteiger partial charge in [-0.2, -0.15) is 9.98 Å². The topological polar surface area (TPSA) is 153 Å². The minimum absolute atomic E-state index is 0.0875. The number of nitrogens with zero attached hydrogens (tertiary/aromatic N) is 9. The number of fused-ring (bicyclic) bond motifs is 3. The van der Waals surface area contributed by atoms with Crippen molar-refractivity contribution in [3.63, 3.8) is 0 Å². The predicted octanol–water partition coefficient (Wildman–Crippen LogP) is 2.50. The monoisotopic (exact) mass is 602 g/mol. The number of amides is 2. The number of nitriles is 1. The van der Waals surface area contributed by atoms with Gasteiger partial charge in [-0.15, -0.1) is 10.2 Å². The molecule has 13 nitrogen and oxygen atoms in total. The number of anilines is 1. The number of hydrogen-bond acceptors (Lipinski definition) is 10. The van der Waals surface area contributed by atoms with E-state index in [9.17, 15) is 27.3 Å². The van der Waals surface area contributed by atoms with Crippen molar-refractivity contribution in [2.45, 2.75) is 29.7 Å². The molecule has 0 spiro atoms.